The average molecular weight is 504 g/mol. The maximum atomic E-state index is 13.3. The zero-order valence-corrected chi connectivity index (χ0v) is 20.7. The zero-order chi connectivity index (χ0) is 27.5. The van der Waals surface area contributed by atoms with Crippen LogP contribution in [0.25, 0.3) is 0 Å². The monoisotopic (exact) mass is 504 g/mol. The standard InChI is InChI=1S/C25H28O11/c1-22(2,3)35-33-20(31)24(21(32)34-36-23(4,5)6)13-12-16(14-25(24,18(27)28)19(29)30)17(26)15-10-8-7-9-11-15/h7-14H,1-6H3,(H,27,28)(H,29,30). The van der Waals surface area contributed by atoms with Gasteiger partial charge < -0.3 is 10.2 Å². The third kappa shape index (κ3) is 5.52. The molecule has 194 valence electrons. The molecule has 0 heterocycles. The Labute approximate surface area is 207 Å². The molecule has 1 aliphatic rings. The van der Waals surface area contributed by atoms with Crippen LogP contribution in [0.4, 0.5) is 0 Å². The number of hydrogen-bond donors (Lipinski definition) is 2. The molecule has 0 aliphatic heterocycles. The van der Waals surface area contributed by atoms with Crippen LogP contribution in [0.2, 0.25) is 0 Å². The minimum absolute atomic E-state index is 0.114. The predicted molar refractivity (Wildman–Crippen MR) is 122 cm³/mol. The molecule has 1 aromatic carbocycles. The molecule has 36 heavy (non-hydrogen) atoms. The van der Waals surface area contributed by atoms with Crippen molar-refractivity contribution >= 4 is 29.7 Å². The first-order chi connectivity index (χ1) is 16.5. The van der Waals surface area contributed by atoms with Crippen LogP contribution in [-0.4, -0.2) is 51.1 Å². The van der Waals surface area contributed by atoms with Crippen LogP contribution in [0.15, 0.2) is 54.1 Å². The summed E-state index contributed by atoms with van der Waals surface area (Å²) in [6.07, 6.45) is 2.12. The average Bonchev–Trinajstić information content (AvgIpc) is 2.79. The number of Topliss-reactive ketones (excluding diaryl/α,β-unsaturated/α-hetero) is 1. The van der Waals surface area contributed by atoms with Gasteiger partial charge in [-0.3, -0.25) is 24.2 Å². The lowest BCUT2D eigenvalue weighted by Gasteiger charge is -2.39. The summed E-state index contributed by atoms with van der Waals surface area (Å²) in [7, 11) is 0. The first-order valence-electron chi connectivity index (χ1n) is 10.8. The van der Waals surface area contributed by atoms with E-state index in [1.165, 1.54) is 53.7 Å². The van der Waals surface area contributed by atoms with E-state index in [9.17, 15) is 34.2 Å². The highest BCUT2D eigenvalue weighted by atomic mass is 17.2. The Morgan fingerprint density at radius 1 is 0.722 bits per heavy atom. The van der Waals surface area contributed by atoms with E-state index in [4.69, 9.17) is 19.6 Å². The summed E-state index contributed by atoms with van der Waals surface area (Å²) in [5, 5.41) is 20.3. The van der Waals surface area contributed by atoms with Crippen molar-refractivity contribution < 1.29 is 53.7 Å². The summed E-state index contributed by atoms with van der Waals surface area (Å²) in [5.41, 5.74) is -9.06. The fourth-order valence-electron chi connectivity index (χ4n) is 3.19. The van der Waals surface area contributed by atoms with E-state index >= 15 is 0 Å². The molecule has 0 unspecified atom stereocenters. The molecule has 0 amide bonds. The lowest BCUT2D eigenvalue weighted by Crippen LogP contribution is -2.61. The van der Waals surface area contributed by atoms with Gasteiger partial charge >= 0.3 is 23.9 Å². The minimum atomic E-state index is -3.38. The minimum Gasteiger partial charge on any atom is -0.480 e. The summed E-state index contributed by atoms with van der Waals surface area (Å²) in [6, 6.07) is 7.60. The van der Waals surface area contributed by atoms with Gasteiger partial charge in [0.15, 0.2) is 5.78 Å². The number of aliphatic carboxylic acids is 2. The second kappa shape index (κ2) is 10.0. The van der Waals surface area contributed by atoms with E-state index < -0.39 is 57.3 Å². The SMILES string of the molecule is CC(C)(C)OOC(=O)C1(C(=O)OOC(C)(C)C)C=CC(C(=O)c2ccccc2)=CC1(C(=O)O)C(=O)O. The lowest BCUT2D eigenvalue weighted by molar-refractivity contribution is -0.340. The maximum Gasteiger partial charge on any atom is 0.365 e. The van der Waals surface area contributed by atoms with E-state index in [0.29, 0.717) is 12.2 Å². The van der Waals surface area contributed by atoms with Crippen molar-refractivity contribution in [3.05, 3.63) is 59.7 Å². The number of benzene rings is 1. The van der Waals surface area contributed by atoms with Gasteiger partial charge in [-0.25, -0.2) is 9.59 Å². The van der Waals surface area contributed by atoms with Gasteiger partial charge in [-0.2, -0.15) is 9.78 Å². The van der Waals surface area contributed by atoms with E-state index in [1.807, 2.05) is 0 Å². The number of carboxylic acids is 2. The Bertz CT molecular complexity index is 1070. The molecule has 1 aromatic rings. The van der Waals surface area contributed by atoms with Gasteiger partial charge in [0, 0.05) is 11.1 Å². The largest absolute Gasteiger partial charge is 0.480 e. The predicted octanol–water partition coefficient (Wildman–Crippen LogP) is 3.05. The van der Waals surface area contributed by atoms with Crippen molar-refractivity contribution in [2.75, 3.05) is 0 Å². The Morgan fingerprint density at radius 2 is 1.17 bits per heavy atom. The van der Waals surface area contributed by atoms with Gasteiger partial charge in [0.25, 0.3) is 0 Å². The first kappa shape index (κ1) is 28.4. The molecular formula is C25H28O11. The Balaban J connectivity index is 2.77. The molecule has 0 aromatic heterocycles. The molecule has 0 atom stereocenters. The maximum absolute atomic E-state index is 13.3. The van der Waals surface area contributed by atoms with E-state index in [2.05, 4.69) is 0 Å². The highest BCUT2D eigenvalue weighted by Crippen LogP contribution is 2.49. The number of carboxylic acid groups (broad SMARTS) is 2. The number of carbonyl (C=O) groups is 5. The summed E-state index contributed by atoms with van der Waals surface area (Å²) in [4.78, 5) is 84.2. The number of allylic oxidation sites excluding steroid dienone is 2. The third-order valence-electron chi connectivity index (χ3n) is 4.86. The molecule has 1 aliphatic carbocycles. The van der Waals surface area contributed by atoms with Crippen LogP contribution in [0.1, 0.15) is 51.9 Å². The molecule has 0 spiro atoms. The van der Waals surface area contributed by atoms with E-state index in [-0.39, 0.29) is 5.56 Å². The number of rotatable bonds is 8. The zero-order valence-electron chi connectivity index (χ0n) is 20.7. The molecular weight excluding hydrogens is 476 g/mol. The Hall–Kier alpha value is -3.83. The Morgan fingerprint density at radius 3 is 1.56 bits per heavy atom. The van der Waals surface area contributed by atoms with E-state index in [0.717, 1.165) is 6.08 Å². The van der Waals surface area contributed by atoms with Crippen LogP contribution in [-0.2, 0) is 38.7 Å². The molecule has 0 bridgehead atoms. The van der Waals surface area contributed by atoms with Crippen molar-refractivity contribution in [3.63, 3.8) is 0 Å². The van der Waals surface area contributed by atoms with Gasteiger partial charge in [-0.05, 0) is 47.6 Å². The summed E-state index contributed by atoms with van der Waals surface area (Å²) in [5.74, 6) is -8.44. The molecule has 11 nitrogen and oxygen atoms in total. The van der Waals surface area contributed by atoms with Crippen molar-refractivity contribution in [1.82, 2.24) is 0 Å². The lowest BCUT2D eigenvalue weighted by atomic mass is 9.59. The van der Waals surface area contributed by atoms with Crippen LogP contribution >= 0.6 is 0 Å². The fraction of sp³-hybridized carbons (Fsp3) is 0.400. The van der Waals surface area contributed by atoms with E-state index in [1.54, 1.807) is 18.2 Å². The summed E-state index contributed by atoms with van der Waals surface area (Å²) < 4.78 is 0. The Kier molecular flexibility index (Phi) is 7.92. The molecule has 0 fully saturated rings. The third-order valence-corrected chi connectivity index (χ3v) is 4.86. The van der Waals surface area contributed by atoms with Crippen LogP contribution in [0.3, 0.4) is 0 Å². The van der Waals surface area contributed by atoms with Crippen LogP contribution in [0.5, 0.6) is 0 Å². The second-order valence-electron chi connectivity index (χ2n) is 9.99. The first-order valence-corrected chi connectivity index (χ1v) is 10.8. The van der Waals surface area contributed by atoms with Crippen molar-refractivity contribution in [2.24, 2.45) is 10.8 Å². The molecule has 2 N–H and O–H groups in total. The number of ketones is 1. The van der Waals surface area contributed by atoms with Crippen LogP contribution in [0, 0.1) is 10.8 Å². The highest BCUT2D eigenvalue weighted by molar-refractivity contribution is 6.20. The van der Waals surface area contributed by atoms with Crippen molar-refractivity contribution in [2.45, 2.75) is 52.7 Å². The molecule has 0 radical (unpaired) electrons. The van der Waals surface area contributed by atoms with Gasteiger partial charge in [0.05, 0.1) is 0 Å². The van der Waals surface area contributed by atoms with Crippen LogP contribution < -0.4 is 0 Å². The summed E-state index contributed by atoms with van der Waals surface area (Å²) >= 11 is 0. The molecule has 0 saturated carbocycles. The van der Waals surface area contributed by atoms with Crippen molar-refractivity contribution in [1.29, 1.82) is 0 Å². The van der Waals surface area contributed by atoms with Gasteiger partial charge in [0.2, 0.25) is 10.8 Å². The second-order valence-corrected chi connectivity index (χ2v) is 9.99. The fourth-order valence-corrected chi connectivity index (χ4v) is 3.19. The van der Waals surface area contributed by atoms with Gasteiger partial charge in [-0.1, -0.05) is 42.5 Å². The number of carbonyl (C=O) groups excluding carboxylic acids is 3. The normalized spacial score (nSPS) is 16.4. The van der Waals surface area contributed by atoms with Gasteiger partial charge in [-0.15, -0.1) is 0 Å². The molecule has 2 rings (SSSR count). The highest BCUT2D eigenvalue weighted by Gasteiger charge is 2.73. The summed E-state index contributed by atoms with van der Waals surface area (Å²) in [6.45, 7) is 8.93. The van der Waals surface area contributed by atoms with Crippen molar-refractivity contribution in [3.8, 4) is 0 Å². The molecule has 0 saturated heterocycles. The molecule has 11 heteroatoms. The topological polar surface area (TPSA) is 163 Å². The van der Waals surface area contributed by atoms with Gasteiger partial charge in [0.1, 0.15) is 11.2 Å². The smallest absolute Gasteiger partial charge is 0.365 e. The quantitative estimate of drug-likeness (QED) is 0.231. The number of hydrogen-bond acceptors (Lipinski definition) is 9.